The van der Waals surface area contributed by atoms with E-state index in [0.29, 0.717) is 19.3 Å². The van der Waals surface area contributed by atoms with Crippen LogP contribution in [0.5, 0.6) is 0 Å². The summed E-state index contributed by atoms with van der Waals surface area (Å²) < 4.78 is 36.4. The fourth-order valence-electron chi connectivity index (χ4n) is 6.75. The molecule has 284 valence electrons. The van der Waals surface area contributed by atoms with Crippen LogP contribution in [0.3, 0.4) is 0 Å². The number of rotatable bonds is 23. The number of ether oxygens (including phenoxy) is 2. The average molecular weight is 727 g/mol. The first-order valence-corrected chi connectivity index (χ1v) is 20.0. The molecule has 0 aliphatic carbocycles. The summed E-state index contributed by atoms with van der Waals surface area (Å²) in [6.45, 7) is 1.48. The van der Waals surface area contributed by atoms with Crippen LogP contribution in [0.15, 0.2) is 29.3 Å². The molecule has 3 aliphatic heterocycles. The molecule has 4 heterocycles. The van der Waals surface area contributed by atoms with E-state index in [2.05, 4.69) is 17.2 Å². The molecule has 16 heteroatoms. The number of aromatic nitrogens is 2. The molecule has 1 aromatic rings. The Hall–Kier alpha value is -2.36. The Morgan fingerprint density at radius 3 is 2.24 bits per heavy atom. The number of urea groups is 1. The largest absolute Gasteiger partial charge is 0.472 e. The minimum absolute atomic E-state index is 0.0164. The van der Waals surface area contributed by atoms with Crippen LogP contribution in [0, 0.1) is 0 Å². The maximum atomic E-state index is 13.1. The van der Waals surface area contributed by atoms with Gasteiger partial charge in [-0.05, 0) is 37.8 Å². The van der Waals surface area contributed by atoms with Crippen molar-refractivity contribution in [2.45, 2.75) is 159 Å². The maximum Gasteiger partial charge on any atom is 0.472 e. The molecule has 4 rings (SSSR count). The summed E-state index contributed by atoms with van der Waals surface area (Å²) in [6, 6.07) is 1.02. The molecule has 7 atom stereocenters. The number of nitrogens with zero attached hydrogens (tertiary/aromatic N) is 3. The number of unbranched alkanes of at least 4 members (excludes halogenated alkanes) is 13. The highest BCUT2D eigenvalue weighted by atomic mass is 31.2. The van der Waals surface area contributed by atoms with Crippen molar-refractivity contribution in [2.24, 2.45) is 5.73 Å². The highest BCUT2D eigenvalue weighted by molar-refractivity contribution is 7.47. The van der Waals surface area contributed by atoms with E-state index in [1.165, 1.54) is 92.4 Å². The molecule has 7 N–H and O–H groups in total. The standard InChI is InChI=1S/C34H59N6O9P/c1-2-3-4-5-6-7-8-9-10-11-12-13-14-15-19-34(36)20-22-40(33(43)38-34)31-23-27(28(24-41)48-31)49-50(44,45)46-25-26-16-17-30(47-26)39-21-18-29(35)37-32(39)42/h18,20-22,26-28,30-31,41H,2-17,19,23-25,36H2,1H3,(H,38,43)(H,44,45)(H2,35,37,42)/t26-,27-,28+,30+,31+,34?/m0/s1. The summed E-state index contributed by atoms with van der Waals surface area (Å²) in [6.07, 6.45) is 19.9. The predicted octanol–water partition coefficient (Wildman–Crippen LogP) is 5.18. The van der Waals surface area contributed by atoms with E-state index in [0.717, 1.165) is 19.3 Å². The van der Waals surface area contributed by atoms with E-state index in [-0.39, 0.29) is 18.8 Å². The van der Waals surface area contributed by atoms with Crippen molar-refractivity contribution >= 4 is 19.7 Å². The predicted molar refractivity (Wildman–Crippen MR) is 188 cm³/mol. The molecule has 3 aliphatic rings. The average Bonchev–Trinajstić information content (AvgIpc) is 3.70. The number of hydrogen-bond acceptors (Lipinski definition) is 11. The zero-order valence-corrected chi connectivity index (χ0v) is 30.4. The van der Waals surface area contributed by atoms with E-state index in [4.69, 9.17) is 30.0 Å². The molecule has 0 spiro atoms. The third-order valence-electron chi connectivity index (χ3n) is 9.66. The molecule has 0 saturated carbocycles. The van der Waals surface area contributed by atoms with Crippen LogP contribution < -0.4 is 22.5 Å². The Bertz CT molecular complexity index is 1330. The van der Waals surface area contributed by atoms with Crippen molar-refractivity contribution in [1.82, 2.24) is 19.8 Å². The summed E-state index contributed by atoms with van der Waals surface area (Å²) in [5, 5.41) is 12.8. The quantitative estimate of drug-likeness (QED) is 0.0729. The van der Waals surface area contributed by atoms with Gasteiger partial charge in [0.05, 0.1) is 19.3 Å². The molecule has 15 nitrogen and oxygen atoms in total. The number of carbonyl (C=O) groups is 1. The van der Waals surface area contributed by atoms with Crippen molar-refractivity contribution in [3.05, 3.63) is 35.0 Å². The zero-order valence-electron chi connectivity index (χ0n) is 29.5. The molecule has 2 saturated heterocycles. The number of nitrogens with one attached hydrogen (secondary N) is 1. The van der Waals surface area contributed by atoms with Crippen molar-refractivity contribution < 1.29 is 37.9 Å². The van der Waals surface area contributed by atoms with Crippen molar-refractivity contribution in [3.63, 3.8) is 0 Å². The second-order valence-electron chi connectivity index (χ2n) is 13.8. The van der Waals surface area contributed by atoms with Gasteiger partial charge in [0.15, 0.2) is 0 Å². The van der Waals surface area contributed by atoms with Crippen LogP contribution in [0.2, 0.25) is 0 Å². The van der Waals surface area contributed by atoms with Crippen LogP contribution in [-0.4, -0.2) is 73.9 Å². The molecule has 0 aromatic carbocycles. The maximum absolute atomic E-state index is 13.1. The van der Waals surface area contributed by atoms with E-state index in [9.17, 15) is 24.2 Å². The monoisotopic (exact) mass is 726 g/mol. The Balaban J connectivity index is 1.13. The summed E-state index contributed by atoms with van der Waals surface area (Å²) >= 11 is 0. The zero-order chi connectivity index (χ0) is 36.0. The second-order valence-corrected chi connectivity index (χ2v) is 15.2. The number of phosphoric ester groups is 1. The lowest BCUT2D eigenvalue weighted by Crippen LogP contribution is -2.61. The summed E-state index contributed by atoms with van der Waals surface area (Å²) in [4.78, 5) is 40.7. The smallest absolute Gasteiger partial charge is 0.394 e. The van der Waals surface area contributed by atoms with Gasteiger partial charge < -0.3 is 36.3 Å². The molecular weight excluding hydrogens is 667 g/mol. The highest BCUT2D eigenvalue weighted by Gasteiger charge is 2.45. The number of nitrogens with two attached hydrogens (primary N) is 2. The molecule has 2 fully saturated rings. The number of amides is 2. The Morgan fingerprint density at radius 1 is 1.00 bits per heavy atom. The second kappa shape index (κ2) is 20.0. The third-order valence-corrected chi connectivity index (χ3v) is 10.7. The van der Waals surface area contributed by atoms with Crippen LogP contribution >= 0.6 is 7.82 Å². The first kappa shape index (κ1) is 40.4. The molecule has 1 aromatic heterocycles. The van der Waals surface area contributed by atoms with E-state index in [1.54, 1.807) is 12.3 Å². The fraction of sp³-hybridized carbons (Fsp3) is 0.794. The third kappa shape index (κ3) is 12.7. The summed E-state index contributed by atoms with van der Waals surface area (Å²) in [5.74, 6) is 0.0987. The lowest BCUT2D eigenvalue weighted by molar-refractivity contribution is -0.0577. The topological polar surface area (TPSA) is 214 Å². The number of anilines is 1. The van der Waals surface area contributed by atoms with Gasteiger partial charge in [0, 0.05) is 18.8 Å². The number of carbonyl (C=O) groups excluding carboxylic acids is 1. The Kier molecular flexibility index (Phi) is 16.2. The molecule has 0 radical (unpaired) electrons. The van der Waals surface area contributed by atoms with E-state index in [1.807, 2.05) is 0 Å². The van der Waals surface area contributed by atoms with Gasteiger partial charge >= 0.3 is 19.5 Å². The number of phosphoric acid groups is 1. The van der Waals surface area contributed by atoms with Gasteiger partial charge in [0.1, 0.15) is 36.1 Å². The van der Waals surface area contributed by atoms with Crippen LogP contribution in [-0.2, 0) is 23.1 Å². The summed E-state index contributed by atoms with van der Waals surface area (Å²) in [5.41, 5.74) is 10.5. The SMILES string of the molecule is CCCCCCCCCCCCCCCCC1(N)C=CN([C@H]2C[C@H](OP(=O)(O)OC[C@@H]3CC[C@H](n4ccc(N)nc4=O)O3)[C@@H](CO)O2)C(=O)N1. The lowest BCUT2D eigenvalue weighted by atomic mass is 9.99. The van der Waals surface area contributed by atoms with E-state index < -0.39 is 62.6 Å². The van der Waals surface area contributed by atoms with E-state index >= 15 is 0 Å². The van der Waals surface area contributed by atoms with Crippen molar-refractivity contribution in [1.29, 1.82) is 0 Å². The van der Waals surface area contributed by atoms with Crippen LogP contribution in [0.1, 0.15) is 129 Å². The summed E-state index contributed by atoms with van der Waals surface area (Å²) in [7, 11) is -4.62. The van der Waals surface area contributed by atoms with Gasteiger partial charge in [-0.15, -0.1) is 0 Å². The Morgan fingerprint density at radius 2 is 1.64 bits per heavy atom. The van der Waals surface area contributed by atoms with Gasteiger partial charge in [-0.1, -0.05) is 90.4 Å². The van der Waals surface area contributed by atoms with Gasteiger partial charge in [0.25, 0.3) is 0 Å². The number of hydrogen-bond donors (Lipinski definition) is 5. The lowest BCUT2D eigenvalue weighted by Gasteiger charge is -2.37. The van der Waals surface area contributed by atoms with Gasteiger partial charge in [-0.2, -0.15) is 4.98 Å². The first-order chi connectivity index (χ1) is 24.0. The molecule has 2 amide bonds. The number of nitrogen functional groups attached to an aromatic ring is 1. The van der Waals surface area contributed by atoms with Crippen LogP contribution in [0.25, 0.3) is 0 Å². The van der Waals surface area contributed by atoms with Crippen LogP contribution in [0.4, 0.5) is 10.6 Å². The molecular formula is C34H59N6O9P. The Labute approximate surface area is 295 Å². The minimum atomic E-state index is -4.62. The molecule has 2 unspecified atom stereocenters. The number of aliphatic hydroxyl groups excluding tert-OH is 1. The number of aliphatic hydroxyl groups is 1. The highest BCUT2D eigenvalue weighted by Crippen LogP contribution is 2.48. The molecule has 50 heavy (non-hydrogen) atoms. The van der Waals surface area contributed by atoms with Crippen molar-refractivity contribution in [3.8, 4) is 0 Å². The van der Waals surface area contributed by atoms with Crippen molar-refractivity contribution in [2.75, 3.05) is 18.9 Å². The van der Waals surface area contributed by atoms with Gasteiger partial charge in [-0.25, -0.2) is 14.2 Å². The van der Waals surface area contributed by atoms with Gasteiger partial charge in [-0.3, -0.25) is 18.5 Å². The van der Waals surface area contributed by atoms with Gasteiger partial charge in [0.2, 0.25) is 0 Å². The minimum Gasteiger partial charge on any atom is -0.394 e. The molecule has 0 bridgehead atoms. The fourth-order valence-corrected chi connectivity index (χ4v) is 7.73. The first-order valence-electron chi connectivity index (χ1n) is 18.5. The normalized spacial score (nSPS) is 27.9.